The van der Waals surface area contributed by atoms with Gasteiger partial charge in [0.25, 0.3) is 5.91 Å². The van der Waals surface area contributed by atoms with Crippen LogP contribution in [0.15, 0.2) is 48.7 Å². The van der Waals surface area contributed by atoms with Gasteiger partial charge in [0.2, 0.25) is 5.88 Å². The summed E-state index contributed by atoms with van der Waals surface area (Å²) >= 11 is 5.93. The molecule has 1 amide bonds. The van der Waals surface area contributed by atoms with Crippen molar-refractivity contribution in [1.29, 1.82) is 0 Å². The van der Waals surface area contributed by atoms with Gasteiger partial charge in [-0.1, -0.05) is 11.6 Å². The van der Waals surface area contributed by atoms with Crippen molar-refractivity contribution in [3.8, 4) is 17.4 Å². The molecule has 25 heavy (non-hydrogen) atoms. The SMILES string of the molecule is CN(C)C(=O)COc1ccc(Oc2cnc3cc(Cl)ccc3n2)cc1. The van der Waals surface area contributed by atoms with Gasteiger partial charge in [-0.2, -0.15) is 0 Å². The first-order valence-electron chi connectivity index (χ1n) is 7.54. The largest absolute Gasteiger partial charge is 0.484 e. The minimum atomic E-state index is -0.105. The molecule has 0 unspecified atom stereocenters. The molecule has 7 heteroatoms. The highest BCUT2D eigenvalue weighted by molar-refractivity contribution is 6.31. The number of aromatic nitrogens is 2. The van der Waals surface area contributed by atoms with E-state index in [4.69, 9.17) is 21.1 Å². The van der Waals surface area contributed by atoms with Gasteiger partial charge in [-0.3, -0.25) is 4.79 Å². The zero-order chi connectivity index (χ0) is 17.8. The fourth-order valence-corrected chi connectivity index (χ4v) is 2.18. The molecule has 0 atom stereocenters. The molecule has 1 heterocycles. The van der Waals surface area contributed by atoms with Crippen LogP contribution in [0.25, 0.3) is 11.0 Å². The maximum atomic E-state index is 11.5. The molecule has 0 fully saturated rings. The highest BCUT2D eigenvalue weighted by Crippen LogP contribution is 2.24. The number of nitrogens with zero attached hydrogens (tertiary/aromatic N) is 3. The first-order chi connectivity index (χ1) is 12.0. The summed E-state index contributed by atoms with van der Waals surface area (Å²) in [6.07, 6.45) is 1.54. The van der Waals surface area contributed by atoms with E-state index in [2.05, 4.69) is 9.97 Å². The molecule has 3 rings (SSSR count). The average Bonchev–Trinajstić information content (AvgIpc) is 2.61. The summed E-state index contributed by atoms with van der Waals surface area (Å²) in [5, 5.41) is 0.610. The van der Waals surface area contributed by atoms with Crippen molar-refractivity contribution in [2.45, 2.75) is 0 Å². The van der Waals surface area contributed by atoms with Crippen molar-refractivity contribution >= 4 is 28.5 Å². The van der Waals surface area contributed by atoms with Crippen LogP contribution in [0.4, 0.5) is 0 Å². The second-order valence-corrected chi connectivity index (χ2v) is 5.93. The van der Waals surface area contributed by atoms with Crippen molar-refractivity contribution in [2.75, 3.05) is 20.7 Å². The second-order valence-electron chi connectivity index (χ2n) is 5.49. The van der Waals surface area contributed by atoms with Crippen LogP contribution < -0.4 is 9.47 Å². The van der Waals surface area contributed by atoms with Gasteiger partial charge in [0, 0.05) is 19.1 Å². The molecule has 2 aromatic carbocycles. The van der Waals surface area contributed by atoms with Gasteiger partial charge in [0.15, 0.2) is 6.61 Å². The van der Waals surface area contributed by atoms with E-state index in [1.165, 1.54) is 4.90 Å². The number of hydrogen-bond acceptors (Lipinski definition) is 5. The number of halogens is 1. The fourth-order valence-electron chi connectivity index (χ4n) is 2.01. The van der Waals surface area contributed by atoms with Crippen LogP contribution >= 0.6 is 11.6 Å². The number of amides is 1. The van der Waals surface area contributed by atoms with E-state index in [1.807, 2.05) is 0 Å². The van der Waals surface area contributed by atoms with E-state index in [9.17, 15) is 4.79 Å². The van der Waals surface area contributed by atoms with E-state index >= 15 is 0 Å². The van der Waals surface area contributed by atoms with Gasteiger partial charge < -0.3 is 14.4 Å². The molecule has 0 N–H and O–H groups in total. The smallest absolute Gasteiger partial charge is 0.259 e. The summed E-state index contributed by atoms with van der Waals surface area (Å²) in [4.78, 5) is 21.7. The Bertz CT molecular complexity index is 898. The van der Waals surface area contributed by atoms with Crippen molar-refractivity contribution < 1.29 is 14.3 Å². The van der Waals surface area contributed by atoms with Gasteiger partial charge >= 0.3 is 0 Å². The van der Waals surface area contributed by atoms with Gasteiger partial charge in [0.05, 0.1) is 17.2 Å². The molecular weight excluding hydrogens is 342 g/mol. The molecule has 1 aromatic heterocycles. The molecule has 0 spiro atoms. The van der Waals surface area contributed by atoms with Gasteiger partial charge in [-0.05, 0) is 42.5 Å². The Morgan fingerprint density at radius 3 is 2.52 bits per heavy atom. The van der Waals surface area contributed by atoms with Crippen LogP contribution in [0, 0.1) is 0 Å². The Kier molecular flexibility index (Phi) is 5.00. The summed E-state index contributed by atoms with van der Waals surface area (Å²) in [6, 6.07) is 12.2. The summed E-state index contributed by atoms with van der Waals surface area (Å²) < 4.78 is 11.1. The molecule has 0 saturated carbocycles. The Morgan fingerprint density at radius 1 is 1.08 bits per heavy atom. The molecule has 3 aromatic rings. The number of hydrogen-bond donors (Lipinski definition) is 0. The van der Waals surface area contributed by atoms with Crippen LogP contribution in [0.2, 0.25) is 5.02 Å². The van der Waals surface area contributed by atoms with Gasteiger partial charge in [0.1, 0.15) is 11.5 Å². The Morgan fingerprint density at radius 2 is 1.80 bits per heavy atom. The minimum absolute atomic E-state index is 0.00802. The van der Waals surface area contributed by atoms with E-state index < -0.39 is 0 Å². The molecule has 0 bridgehead atoms. The van der Waals surface area contributed by atoms with E-state index in [0.29, 0.717) is 33.4 Å². The second kappa shape index (κ2) is 7.36. The average molecular weight is 358 g/mol. The lowest BCUT2D eigenvalue weighted by Crippen LogP contribution is -2.27. The topological polar surface area (TPSA) is 64.6 Å². The Hall–Kier alpha value is -2.86. The number of benzene rings is 2. The number of ether oxygens (including phenoxy) is 2. The number of rotatable bonds is 5. The summed E-state index contributed by atoms with van der Waals surface area (Å²) in [7, 11) is 3.36. The van der Waals surface area contributed by atoms with Crippen molar-refractivity contribution in [1.82, 2.24) is 14.9 Å². The molecule has 6 nitrogen and oxygen atoms in total. The van der Waals surface area contributed by atoms with Crippen molar-refractivity contribution in [2.24, 2.45) is 0 Å². The number of fused-ring (bicyclic) bond motifs is 1. The number of carbonyl (C=O) groups excluding carboxylic acids is 1. The lowest BCUT2D eigenvalue weighted by molar-refractivity contribution is -0.130. The summed E-state index contributed by atoms with van der Waals surface area (Å²) in [5.74, 6) is 1.45. The number of likely N-dealkylation sites (N-methyl/N-ethyl adjacent to an activating group) is 1. The predicted molar refractivity (Wildman–Crippen MR) is 95.3 cm³/mol. The zero-order valence-corrected chi connectivity index (χ0v) is 14.5. The van der Waals surface area contributed by atoms with E-state index in [1.54, 1.807) is 62.8 Å². The maximum Gasteiger partial charge on any atom is 0.259 e. The number of carbonyl (C=O) groups is 1. The molecular formula is C18H16ClN3O3. The monoisotopic (exact) mass is 357 g/mol. The van der Waals surface area contributed by atoms with Crippen LogP contribution in [0.5, 0.6) is 17.4 Å². The molecule has 0 aliphatic rings. The molecule has 0 saturated heterocycles. The van der Waals surface area contributed by atoms with Crippen LogP contribution in [0.1, 0.15) is 0 Å². The summed E-state index contributed by atoms with van der Waals surface area (Å²) in [5.41, 5.74) is 1.40. The molecule has 0 aliphatic carbocycles. The van der Waals surface area contributed by atoms with Gasteiger partial charge in [-0.15, -0.1) is 0 Å². The minimum Gasteiger partial charge on any atom is -0.484 e. The zero-order valence-electron chi connectivity index (χ0n) is 13.8. The highest BCUT2D eigenvalue weighted by Gasteiger charge is 2.06. The van der Waals surface area contributed by atoms with E-state index in [0.717, 1.165) is 0 Å². The standard InChI is InChI=1S/C18H16ClN3O3/c1-22(2)18(23)11-24-13-4-6-14(7-5-13)25-17-10-20-16-9-12(19)3-8-15(16)21-17/h3-10H,11H2,1-2H3. The van der Waals surface area contributed by atoms with Gasteiger partial charge in [-0.25, -0.2) is 9.97 Å². The first kappa shape index (κ1) is 17.0. The lowest BCUT2D eigenvalue weighted by Gasteiger charge is -2.11. The van der Waals surface area contributed by atoms with Crippen molar-refractivity contribution in [3.63, 3.8) is 0 Å². The third-order valence-corrected chi connectivity index (χ3v) is 3.62. The lowest BCUT2D eigenvalue weighted by atomic mass is 10.3. The Balaban J connectivity index is 1.67. The van der Waals surface area contributed by atoms with Crippen LogP contribution in [-0.2, 0) is 4.79 Å². The maximum absolute atomic E-state index is 11.5. The van der Waals surface area contributed by atoms with Crippen LogP contribution in [0.3, 0.4) is 0 Å². The third-order valence-electron chi connectivity index (χ3n) is 3.39. The Labute approximate surface area is 150 Å². The quantitative estimate of drug-likeness (QED) is 0.698. The normalized spacial score (nSPS) is 10.5. The highest BCUT2D eigenvalue weighted by atomic mass is 35.5. The fraction of sp³-hybridized carbons (Fsp3) is 0.167. The third kappa shape index (κ3) is 4.36. The van der Waals surface area contributed by atoms with Crippen molar-refractivity contribution in [3.05, 3.63) is 53.7 Å². The molecule has 0 aliphatic heterocycles. The molecule has 0 radical (unpaired) electrons. The predicted octanol–water partition coefficient (Wildman–Crippen LogP) is 3.54. The first-order valence-corrected chi connectivity index (χ1v) is 7.92. The summed E-state index contributed by atoms with van der Waals surface area (Å²) in [6.45, 7) is -0.00802. The molecule has 128 valence electrons. The van der Waals surface area contributed by atoms with Crippen LogP contribution in [-0.4, -0.2) is 41.5 Å². The van der Waals surface area contributed by atoms with E-state index in [-0.39, 0.29) is 12.5 Å².